The van der Waals surface area contributed by atoms with Crippen LogP contribution in [0.5, 0.6) is 0 Å². The first-order valence-electron chi connectivity index (χ1n) is 8.97. The first-order chi connectivity index (χ1) is 14.4. The summed E-state index contributed by atoms with van der Waals surface area (Å²) >= 11 is 0. The van der Waals surface area contributed by atoms with Crippen LogP contribution in [0.1, 0.15) is 15.9 Å². The number of amides is 1. The van der Waals surface area contributed by atoms with Crippen molar-refractivity contribution in [1.82, 2.24) is 14.8 Å². The number of nitrogens with zero attached hydrogens (tertiary/aromatic N) is 3. The van der Waals surface area contributed by atoms with Gasteiger partial charge in [-0.05, 0) is 48.5 Å². The normalized spacial score (nSPS) is 11.3. The van der Waals surface area contributed by atoms with Crippen LogP contribution in [-0.2, 0) is 6.18 Å². The Balaban J connectivity index is 1.67. The molecule has 0 aliphatic carbocycles. The van der Waals surface area contributed by atoms with E-state index in [9.17, 15) is 18.0 Å². The lowest BCUT2D eigenvalue weighted by molar-refractivity contribution is -0.137. The average Bonchev–Trinajstić information content (AvgIpc) is 3.18. The molecule has 5 nitrogen and oxygen atoms in total. The molecule has 150 valence electrons. The van der Waals surface area contributed by atoms with Gasteiger partial charge in [0.1, 0.15) is 11.5 Å². The van der Waals surface area contributed by atoms with Crippen molar-refractivity contribution < 1.29 is 18.0 Å². The molecule has 0 spiro atoms. The molecule has 2 aromatic heterocycles. The number of carbonyl (C=O) groups is 1. The SMILES string of the molecule is O=C(Nc1cc(-c2ccccn2)nn1-c1ccccc1)c1ccc(C(F)(F)F)cc1. The minimum atomic E-state index is -4.46. The van der Waals surface area contributed by atoms with Gasteiger partial charge in [-0.3, -0.25) is 9.78 Å². The number of benzene rings is 2. The van der Waals surface area contributed by atoms with Gasteiger partial charge in [-0.25, -0.2) is 4.68 Å². The van der Waals surface area contributed by atoms with Crippen LogP contribution in [0.2, 0.25) is 0 Å². The first kappa shape index (κ1) is 19.4. The molecule has 0 aliphatic rings. The Bertz CT molecular complexity index is 1150. The predicted octanol–water partition coefficient (Wildman–Crippen LogP) is 5.21. The van der Waals surface area contributed by atoms with Gasteiger partial charge in [0.2, 0.25) is 0 Å². The number of aromatic nitrogens is 3. The quantitative estimate of drug-likeness (QED) is 0.505. The number of nitrogens with one attached hydrogen (secondary N) is 1. The van der Waals surface area contributed by atoms with E-state index in [1.807, 2.05) is 36.4 Å². The largest absolute Gasteiger partial charge is 0.416 e. The van der Waals surface area contributed by atoms with E-state index in [1.54, 1.807) is 29.1 Å². The zero-order valence-corrected chi connectivity index (χ0v) is 15.5. The molecular weight excluding hydrogens is 393 g/mol. The second-order valence-corrected chi connectivity index (χ2v) is 6.41. The van der Waals surface area contributed by atoms with Crippen LogP contribution in [0.4, 0.5) is 19.0 Å². The standard InChI is InChI=1S/C22H15F3N4O/c23-22(24,25)16-11-9-15(10-12-16)21(30)27-20-14-19(18-8-4-5-13-26-18)28-29(20)17-6-2-1-3-7-17/h1-14H,(H,27,30). The highest BCUT2D eigenvalue weighted by molar-refractivity contribution is 6.04. The fourth-order valence-corrected chi connectivity index (χ4v) is 2.87. The molecule has 8 heteroatoms. The summed E-state index contributed by atoms with van der Waals surface area (Å²) in [7, 11) is 0. The van der Waals surface area contributed by atoms with Gasteiger partial charge in [0, 0.05) is 17.8 Å². The average molecular weight is 408 g/mol. The molecule has 4 rings (SSSR count). The van der Waals surface area contributed by atoms with Gasteiger partial charge >= 0.3 is 6.18 Å². The summed E-state index contributed by atoms with van der Waals surface area (Å²) in [6.45, 7) is 0. The number of para-hydroxylation sites is 1. The smallest absolute Gasteiger partial charge is 0.306 e. The molecular formula is C22H15F3N4O. The van der Waals surface area contributed by atoms with Crippen molar-refractivity contribution in [2.75, 3.05) is 5.32 Å². The van der Waals surface area contributed by atoms with Crippen molar-refractivity contribution in [3.63, 3.8) is 0 Å². The van der Waals surface area contributed by atoms with Gasteiger partial charge < -0.3 is 5.32 Å². The topological polar surface area (TPSA) is 59.8 Å². The van der Waals surface area contributed by atoms with E-state index in [0.29, 0.717) is 22.9 Å². The van der Waals surface area contributed by atoms with Crippen LogP contribution in [0.3, 0.4) is 0 Å². The molecule has 4 aromatic rings. The van der Waals surface area contributed by atoms with Crippen LogP contribution in [0.25, 0.3) is 17.1 Å². The summed E-state index contributed by atoms with van der Waals surface area (Å²) in [4.78, 5) is 16.9. The van der Waals surface area contributed by atoms with Crippen LogP contribution >= 0.6 is 0 Å². The fraction of sp³-hybridized carbons (Fsp3) is 0.0455. The van der Waals surface area contributed by atoms with Gasteiger partial charge in [-0.2, -0.15) is 18.3 Å². The molecule has 0 aliphatic heterocycles. The molecule has 0 atom stereocenters. The third kappa shape index (κ3) is 4.07. The Morgan fingerprint density at radius 3 is 2.20 bits per heavy atom. The Morgan fingerprint density at radius 1 is 0.867 bits per heavy atom. The number of rotatable bonds is 4. The monoisotopic (exact) mass is 408 g/mol. The molecule has 0 fully saturated rings. The van der Waals surface area contributed by atoms with Crippen LogP contribution in [0, 0.1) is 0 Å². The molecule has 30 heavy (non-hydrogen) atoms. The number of halogens is 3. The minimum absolute atomic E-state index is 0.100. The zero-order valence-electron chi connectivity index (χ0n) is 15.5. The van der Waals surface area contributed by atoms with Crippen molar-refractivity contribution in [1.29, 1.82) is 0 Å². The fourth-order valence-electron chi connectivity index (χ4n) is 2.87. The van der Waals surface area contributed by atoms with E-state index in [0.717, 1.165) is 24.3 Å². The molecule has 0 saturated carbocycles. The lowest BCUT2D eigenvalue weighted by Gasteiger charge is -2.10. The highest BCUT2D eigenvalue weighted by Gasteiger charge is 2.30. The minimum Gasteiger partial charge on any atom is -0.306 e. The van der Waals surface area contributed by atoms with E-state index in [2.05, 4.69) is 15.4 Å². The Morgan fingerprint density at radius 2 is 1.57 bits per heavy atom. The summed E-state index contributed by atoms with van der Waals surface area (Å²) in [6.07, 6.45) is -2.82. The van der Waals surface area contributed by atoms with E-state index >= 15 is 0 Å². The maximum atomic E-state index is 12.8. The summed E-state index contributed by atoms with van der Waals surface area (Å²) in [6, 6.07) is 20.3. The van der Waals surface area contributed by atoms with Crippen molar-refractivity contribution in [2.24, 2.45) is 0 Å². The number of carbonyl (C=O) groups excluding carboxylic acids is 1. The van der Waals surface area contributed by atoms with E-state index in [1.165, 1.54) is 0 Å². The predicted molar refractivity (Wildman–Crippen MR) is 106 cm³/mol. The van der Waals surface area contributed by atoms with Crippen molar-refractivity contribution >= 4 is 11.7 Å². The van der Waals surface area contributed by atoms with Crippen LogP contribution in [0.15, 0.2) is 85.1 Å². The van der Waals surface area contributed by atoms with Gasteiger partial charge in [0.05, 0.1) is 16.9 Å². The van der Waals surface area contributed by atoms with E-state index in [-0.39, 0.29) is 5.56 Å². The Kier molecular flexibility index (Phi) is 5.05. The molecule has 0 unspecified atom stereocenters. The summed E-state index contributed by atoms with van der Waals surface area (Å²) in [5.74, 6) is -0.180. The lowest BCUT2D eigenvalue weighted by Crippen LogP contribution is -2.15. The molecule has 1 N–H and O–H groups in total. The summed E-state index contributed by atoms with van der Waals surface area (Å²) in [5.41, 5.74) is 1.16. The zero-order chi connectivity index (χ0) is 21.1. The third-order valence-corrected chi connectivity index (χ3v) is 4.35. The summed E-state index contributed by atoms with van der Waals surface area (Å²) < 4.78 is 39.8. The van der Waals surface area contributed by atoms with Gasteiger partial charge in [0.25, 0.3) is 5.91 Å². The molecule has 0 saturated heterocycles. The van der Waals surface area contributed by atoms with Crippen molar-refractivity contribution in [3.8, 4) is 17.1 Å². The number of hydrogen-bond acceptors (Lipinski definition) is 3. The van der Waals surface area contributed by atoms with E-state index in [4.69, 9.17) is 0 Å². The highest BCUT2D eigenvalue weighted by Crippen LogP contribution is 2.29. The summed E-state index contributed by atoms with van der Waals surface area (Å²) in [5, 5.41) is 7.26. The van der Waals surface area contributed by atoms with Crippen molar-refractivity contribution in [3.05, 3.63) is 96.2 Å². The molecule has 0 bridgehead atoms. The maximum Gasteiger partial charge on any atom is 0.416 e. The van der Waals surface area contributed by atoms with Crippen LogP contribution in [-0.4, -0.2) is 20.7 Å². The van der Waals surface area contributed by atoms with Gasteiger partial charge in [-0.1, -0.05) is 24.3 Å². The maximum absolute atomic E-state index is 12.8. The Labute approximate surface area is 169 Å². The Hall–Kier alpha value is -3.94. The second kappa shape index (κ2) is 7.82. The third-order valence-electron chi connectivity index (χ3n) is 4.35. The number of pyridine rings is 1. The number of anilines is 1. The van der Waals surface area contributed by atoms with Gasteiger partial charge in [-0.15, -0.1) is 0 Å². The molecule has 2 aromatic carbocycles. The molecule has 1 amide bonds. The number of hydrogen-bond donors (Lipinski definition) is 1. The van der Waals surface area contributed by atoms with Gasteiger partial charge in [0.15, 0.2) is 0 Å². The van der Waals surface area contributed by atoms with E-state index < -0.39 is 17.6 Å². The second-order valence-electron chi connectivity index (χ2n) is 6.41. The molecule has 2 heterocycles. The highest BCUT2D eigenvalue weighted by atomic mass is 19.4. The first-order valence-corrected chi connectivity index (χ1v) is 8.97. The van der Waals surface area contributed by atoms with Crippen molar-refractivity contribution in [2.45, 2.75) is 6.18 Å². The van der Waals surface area contributed by atoms with Crippen LogP contribution < -0.4 is 5.32 Å². The molecule has 0 radical (unpaired) electrons. The lowest BCUT2D eigenvalue weighted by atomic mass is 10.1. The number of alkyl halides is 3.